The van der Waals surface area contributed by atoms with Crippen LogP contribution in [0.15, 0.2) is 48.7 Å². The van der Waals surface area contributed by atoms with Gasteiger partial charge in [-0.15, -0.1) is 0 Å². The van der Waals surface area contributed by atoms with Crippen LogP contribution in [0.4, 0.5) is 23.2 Å². The number of hydrogen-bond acceptors (Lipinski definition) is 9. The summed E-state index contributed by atoms with van der Waals surface area (Å²) in [4.78, 5) is 51.2. The molecule has 344 valence electrons. The lowest BCUT2D eigenvalue weighted by Crippen LogP contribution is -2.60. The second-order valence-corrected chi connectivity index (χ2v) is 18.8. The van der Waals surface area contributed by atoms with Crippen molar-refractivity contribution < 1.29 is 41.4 Å². The van der Waals surface area contributed by atoms with Crippen LogP contribution in [0, 0.1) is 17.3 Å². The summed E-state index contributed by atoms with van der Waals surface area (Å²) in [6, 6.07) is 11.4. The van der Waals surface area contributed by atoms with Crippen molar-refractivity contribution in [3.8, 4) is 22.4 Å². The van der Waals surface area contributed by atoms with E-state index in [4.69, 9.17) is 14.5 Å². The third-order valence-electron chi connectivity index (χ3n) is 13.4. The van der Waals surface area contributed by atoms with E-state index in [2.05, 4.69) is 71.1 Å². The van der Waals surface area contributed by atoms with E-state index in [1.165, 1.54) is 5.01 Å². The van der Waals surface area contributed by atoms with E-state index in [-0.39, 0.29) is 32.1 Å². The lowest BCUT2D eigenvalue weighted by Gasteiger charge is -2.35. The topological polar surface area (TPSA) is 121 Å². The van der Waals surface area contributed by atoms with Crippen LogP contribution in [0.5, 0.6) is 0 Å². The Hall–Kier alpha value is -5.06. The number of hydrogen-bond donors (Lipinski definition) is 2. The second-order valence-electron chi connectivity index (χ2n) is 18.8. The average Bonchev–Trinajstić information content (AvgIpc) is 4.06. The van der Waals surface area contributed by atoms with Gasteiger partial charge in [0.2, 0.25) is 5.91 Å². The van der Waals surface area contributed by atoms with E-state index in [1.807, 2.05) is 25.3 Å². The molecule has 3 fully saturated rings. The Labute approximate surface area is 371 Å². The molecule has 2 amide bonds. The van der Waals surface area contributed by atoms with Gasteiger partial charge in [0.15, 0.2) is 0 Å². The van der Waals surface area contributed by atoms with Crippen LogP contribution in [-0.2, 0) is 49.9 Å². The molecule has 12 nitrogen and oxygen atoms in total. The lowest BCUT2D eigenvalue weighted by atomic mass is 9.84. The molecule has 8 rings (SSSR count). The summed E-state index contributed by atoms with van der Waals surface area (Å²) in [7, 11) is 3.80. The molecule has 64 heavy (non-hydrogen) atoms. The Balaban J connectivity index is 1.29. The Bertz CT molecular complexity index is 2410. The molecule has 0 spiro atoms. The van der Waals surface area contributed by atoms with Gasteiger partial charge in [0, 0.05) is 74.7 Å². The number of amides is 2. The first-order valence-corrected chi connectivity index (χ1v) is 22.4. The molecule has 2 saturated heterocycles. The molecule has 2 aromatic carbocycles. The molecule has 4 aromatic rings. The van der Waals surface area contributed by atoms with Gasteiger partial charge in [-0.3, -0.25) is 24.4 Å². The van der Waals surface area contributed by atoms with Gasteiger partial charge in [0.25, 0.3) is 5.91 Å². The number of carbonyl (C=O) groups is 3. The van der Waals surface area contributed by atoms with Crippen LogP contribution in [0.25, 0.3) is 33.3 Å². The summed E-state index contributed by atoms with van der Waals surface area (Å²) in [6.07, 6.45) is -2.12. The highest BCUT2D eigenvalue weighted by Crippen LogP contribution is 2.50. The smallest absolute Gasteiger partial charge is 0.392 e. The number of fused-ring (bicyclic) bond motifs is 6. The number of methoxy groups -OCH3 is 1. The quantitative estimate of drug-likeness (QED) is 0.140. The summed E-state index contributed by atoms with van der Waals surface area (Å²) in [6.45, 7) is 11.8. The van der Waals surface area contributed by atoms with E-state index < -0.39 is 60.0 Å². The van der Waals surface area contributed by atoms with Crippen molar-refractivity contribution in [1.29, 1.82) is 0 Å². The number of ether oxygens (including phenoxy) is 2. The number of esters is 1. The van der Waals surface area contributed by atoms with Crippen LogP contribution in [0.3, 0.4) is 0 Å². The molecule has 0 unspecified atom stereocenters. The Morgan fingerprint density at radius 2 is 1.83 bits per heavy atom. The second kappa shape index (κ2) is 18.1. The molecule has 5 heterocycles. The SMILES string of the molecule is CCn1c(-c2cc(N3CCN(C)CC3)cnc2[C@H](C)OC)c2c3cc(ccc31)-c1cc(CF)cc(c1)C[C@H](NC(=O)[C@H]1C[C@@H]1C(F)(F)F)C(=O)N1CCC[C@H](N1)C(=O)OCC(C)(C)C2. The molecular formula is C48H59F4N7O5. The number of alkyl halides is 4. The maximum Gasteiger partial charge on any atom is 0.392 e. The van der Waals surface area contributed by atoms with Gasteiger partial charge in [0.05, 0.1) is 47.8 Å². The van der Waals surface area contributed by atoms with Gasteiger partial charge in [-0.25, -0.2) is 9.82 Å². The Morgan fingerprint density at radius 1 is 1.06 bits per heavy atom. The summed E-state index contributed by atoms with van der Waals surface area (Å²) in [5.41, 5.74) is 10.4. The number of rotatable bonds is 8. The number of anilines is 1. The first kappa shape index (κ1) is 45.5. The number of halogens is 4. The van der Waals surface area contributed by atoms with Gasteiger partial charge < -0.3 is 29.2 Å². The van der Waals surface area contributed by atoms with E-state index in [0.717, 1.165) is 70.8 Å². The minimum Gasteiger partial charge on any atom is -0.464 e. The average molecular weight is 890 g/mol. The fourth-order valence-electron chi connectivity index (χ4n) is 9.63. The highest BCUT2D eigenvalue weighted by Gasteiger charge is 2.59. The highest BCUT2D eigenvalue weighted by atomic mass is 19.4. The number of nitrogens with zero attached hydrogens (tertiary/aromatic N) is 5. The summed E-state index contributed by atoms with van der Waals surface area (Å²) in [5.74, 6) is -5.13. The third kappa shape index (κ3) is 9.36. The maximum absolute atomic E-state index is 14.8. The van der Waals surface area contributed by atoms with Gasteiger partial charge in [-0.05, 0) is 98.7 Å². The number of carbonyl (C=O) groups excluding carboxylic acids is 3. The maximum atomic E-state index is 14.8. The molecular weight excluding hydrogens is 831 g/mol. The fraction of sp³-hybridized carbons (Fsp3) is 0.542. The van der Waals surface area contributed by atoms with Crippen LogP contribution in [0.2, 0.25) is 0 Å². The van der Waals surface area contributed by atoms with Crippen molar-refractivity contribution in [1.82, 2.24) is 30.2 Å². The first-order valence-electron chi connectivity index (χ1n) is 22.4. The van der Waals surface area contributed by atoms with Crippen molar-refractivity contribution in [2.24, 2.45) is 17.3 Å². The minimum absolute atomic E-state index is 0.0547. The number of aryl methyl sites for hydroxylation is 1. The fourth-order valence-corrected chi connectivity index (χ4v) is 9.63. The van der Waals surface area contributed by atoms with Gasteiger partial charge in [-0.1, -0.05) is 32.0 Å². The van der Waals surface area contributed by atoms with Crippen LogP contribution < -0.4 is 15.6 Å². The van der Waals surface area contributed by atoms with E-state index in [0.29, 0.717) is 42.5 Å². The predicted octanol–water partition coefficient (Wildman–Crippen LogP) is 7.17. The third-order valence-corrected chi connectivity index (χ3v) is 13.4. The zero-order chi connectivity index (χ0) is 45.7. The van der Waals surface area contributed by atoms with Crippen molar-refractivity contribution in [3.05, 3.63) is 71.0 Å². The van der Waals surface area contributed by atoms with E-state index >= 15 is 0 Å². The van der Waals surface area contributed by atoms with Crippen LogP contribution >= 0.6 is 0 Å². The molecule has 1 saturated carbocycles. The number of likely N-dealkylation sites (N-methyl/N-ethyl adjacent to an activating group) is 1. The molecule has 16 heteroatoms. The molecule has 2 aromatic heterocycles. The molecule has 2 N–H and O–H groups in total. The molecule has 0 radical (unpaired) electrons. The van der Waals surface area contributed by atoms with Crippen LogP contribution in [-0.4, -0.2) is 109 Å². The molecule has 5 atom stereocenters. The summed E-state index contributed by atoms with van der Waals surface area (Å²) in [5, 5.41) is 4.83. The molecule has 3 aliphatic heterocycles. The zero-order valence-corrected chi connectivity index (χ0v) is 37.5. The number of hydrazine groups is 1. The van der Waals surface area contributed by atoms with Gasteiger partial charge in [0.1, 0.15) is 18.8 Å². The number of aromatic nitrogens is 2. The monoisotopic (exact) mass is 889 g/mol. The first-order chi connectivity index (χ1) is 30.5. The highest BCUT2D eigenvalue weighted by molar-refractivity contribution is 5.96. The molecule has 1 aliphatic carbocycles. The Kier molecular flexibility index (Phi) is 12.9. The standard InChI is InChI=1S/C48H59F4N7O5/c1-7-58-41-11-10-31-21-34(41)37(43(58)36-22-33(26-53-42(36)28(2)63-6)57-15-13-56(5)14-16-57)24-47(3,4)27-64-46(62)39-9-8-12-59(55-39)45(61)40(20-29-17-30(25-49)19-32(31)18-29)54-44(60)35-23-38(35)48(50,51)52/h10-11,17-19,21-22,26,28,35,38-40,55H,7-9,12-16,20,23-25,27H2,1-6H3,(H,54,60)/t28-,35-,38-,39-,40-/m0/s1. The molecule has 6 bridgehead atoms. The zero-order valence-electron chi connectivity index (χ0n) is 37.5. The van der Waals surface area contributed by atoms with Crippen molar-refractivity contribution in [2.45, 2.75) is 97.4 Å². The van der Waals surface area contributed by atoms with Crippen LogP contribution in [0.1, 0.15) is 75.4 Å². The summed E-state index contributed by atoms with van der Waals surface area (Å²) >= 11 is 0. The number of cyclic esters (lactones) is 1. The minimum atomic E-state index is -4.54. The van der Waals surface area contributed by atoms with E-state index in [9.17, 15) is 31.9 Å². The number of benzene rings is 2. The van der Waals surface area contributed by atoms with Crippen molar-refractivity contribution in [3.63, 3.8) is 0 Å². The Morgan fingerprint density at radius 3 is 2.52 bits per heavy atom. The lowest BCUT2D eigenvalue weighted by molar-refractivity contribution is -0.156. The van der Waals surface area contributed by atoms with Crippen molar-refractivity contribution in [2.75, 3.05) is 58.4 Å². The van der Waals surface area contributed by atoms with Gasteiger partial charge >= 0.3 is 12.1 Å². The number of pyridine rings is 1. The normalized spacial score (nSPS) is 23.7. The predicted molar refractivity (Wildman–Crippen MR) is 236 cm³/mol. The number of nitrogens with one attached hydrogen (secondary N) is 2. The van der Waals surface area contributed by atoms with Gasteiger partial charge in [-0.2, -0.15) is 13.2 Å². The van der Waals surface area contributed by atoms with Crippen molar-refractivity contribution >= 4 is 34.4 Å². The summed E-state index contributed by atoms with van der Waals surface area (Å²) < 4.78 is 69.8. The molecule has 4 aliphatic rings. The largest absolute Gasteiger partial charge is 0.464 e. The van der Waals surface area contributed by atoms with E-state index in [1.54, 1.807) is 19.2 Å². The number of piperazine rings is 1.